The highest BCUT2D eigenvalue weighted by Gasteiger charge is 2.12. The first-order valence-corrected chi connectivity index (χ1v) is 10.5. The first kappa shape index (κ1) is 18.8. The van der Waals surface area contributed by atoms with Crippen LogP contribution in [0.15, 0.2) is 67.1 Å². The van der Waals surface area contributed by atoms with E-state index in [2.05, 4.69) is 33.2 Å². The third kappa shape index (κ3) is 4.19. The first-order valence-electron chi connectivity index (χ1n) is 10.5. The van der Waals surface area contributed by atoms with Crippen LogP contribution in [0.2, 0.25) is 0 Å². The summed E-state index contributed by atoms with van der Waals surface area (Å²) in [6, 6.07) is 16.3. The maximum Gasteiger partial charge on any atom is 0.163 e. The largest absolute Gasteiger partial charge is 0.492 e. The molecule has 6 nitrogen and oxygen atoms in total. The smallest absolute Gasteiger partial charge is 0.163 e. The van der Waals surface area contributed by atoms with E-state index in [0.29, 0.717) is 6.42 Å². The highest BCUT2D eigenvalue weighted by molar-refractivity contribution is 5.76. The standard InChI is InChI=1S/C24H25N5O/c1-2-14-28(13-1)16-17-30-21-7-5-19(6-8-21)18-23-26-24-22(4-3-15-29(24)27-23)20-9-11-25-12-10-20/h3-12,15H,1-2,13-14,16-18H2. The highest BCUT2D eigenvalue weighted by Crippen LogP contribution is 2.23. The Balaban J connectivity index is 1.26. The lowest BCUT2D eigenvalue weighted by molar-refractivity contribution is 0.238. The van der Waals surface area contributed by atoms with Gasteiger partial charge in [-0.15, -0.1) is 0 Å². The van der Waals surface area contributed by atoms with Crippen molar-refractivity contribution < 1.29 is 4.74 Å². The molecule has 0 unspecified atom stereocenters. The molecule has 4 aromatic rings. The molecule has 3 aromatic heterocycles. The lowest BCUT2D eigenvalue weighted by Gasteiger charge is -2.14. The van der Waals surface area contributed by atoms with Crippen molar-refractivity contribution in [2.45, 2.75) is 19.3 Å². The van der Waals surface area contributed by atoms with Gasteiger partial charge in [0.05, 0.1) is 0 Å². The van der Waals surface area contributed by atoms with Crippen molar-refractivity contribution >= 4 is 5.65 Å². The van der Waals surface area contributed by atoms with Crippen molar-refractivity contribution in [3.8, 4) is 16.9 Å². The van der Waals surface area contributed by atoms with Gasteiger partial charge in [-0.05, 0) is 73.5 Å². The Labute approximate surface area is 176 Å². The number of hydrogen-bond acceptors (Lipinski definition) is 5. The van der Waals surface area contributed by atoms with E-state index in [-0.39, 0.29) is 0 Å². The fourth-order valence-corrected chi connectivity index (χ4v) is 3.97. The third-order valence-electron chi connectivity index (χ3n) is 5.56. The fourth-order valence-electron chi connectivity index (χ4n) is 3.97. The minimum absolute atomic E-state index is 0.686. The van der Waals surface area contributed by atoms with E-state index >= 15 is 0 Å². The van der Waals surface area contributed by atoms with Crippen LogP contribution < -0.4 is 4.74 Å². The molecule has 0 N–H and O–H groups in total. The molecule has 152 valence electrons. The number of pyridine rings is 2. The molecule has 5 rings (SSSR count). The van der Waals surface area contributed by atoms with Gasteiger partial charge in [0.2, 0.25) is 0 Å². The molecule has 1 aliphatic heterocycles. The van der Waals surface area contributed by atoms with Gasteiger partial charge in [0.15, 0.2) is 11.5 Å². The van der Waals surface area contributed by atoms with Gasteiger partial charge >= 0.3 is 0 Å². The Kier molecular flexibility index (Phi) is 5.40. The van der Waals surface area contributed by atoms with Crippen LogP contribution in [0.4, 0.5) is 0 Å². The minimum Gasteiger partial charge on any atom is -0.492 e. The molecule has 0 atom stereocenters. The maximum atomic E-state index is 5.90. The molecule has 1 aliphatic rings. The predicted octanol–water partition coefficient (Wildman–Crippen LogP) is 3.86. The van der Waals surface area contributed by atoms with Crippen LogP contribution in [0.5, 0.6) is 5.75 Å². The van der Waals surface area contributed by atoms with Crippen molar-refractivity contribution in [2.24, 2.45) is 0 Å². The molecule has 0 aliphatic carbocycles. The van der Waals surface area contributed by atoms with Crippen LogP contribution in [-0.2, 0) is 6.42 Å². The molecular weight excluding hydrogens is 374 g/mol. The maximum absolute atomic E-state index is 5.90. The van der Waals surface area contributed by atoms with Gasteiger partial charge in [-0.1, -0.05) is 12.1 Å². The number of hydrogen-bond donors (Lipinski definition) is 0. The van der Waals surface area contributed by atoms with E-state index in [9.17, 15) is 0 Å². The second-order valence-corrected chi connectivity index (χ2v) is 7.67. The second kappa shape index (κ2) is 8.63. The van der Waals surface area contributed by atoms with Gasteiger partial charge in [0.1, 0.15) is 12.4 Å². The molecule has 1 aromatic carbocycles. The van der Waals surface area contributed by atoms with Crippen molar-refractivity contribution in [1.29, 1.82) is 0 Å². The molecule has 1 fully saturated rings. The summed E-state index contributed by atoms with van der Waals surface area (Å²) in [5.41, 5.74) is 4.18. The van der Waals surface area contributed by atoms with Crippen LogP contribution in [0.25, 0.3) is 16.8 Å². The Bertz CT molecular complexity index is 1100. The number of fused-ring (bicyclic) bond motifs is 1. The van der Waals surface area contributed by atoms with Crippen molar-refractivity contribution in [1.82, 2.24) is 24.5 Å². The molecule has 1 saturated heterocycles. The molecule has 6 heteroatoms. The predicted molar refractivity (Wildman–Crippen MR) is 117 cm³/mol. The summed E-state index contributed by atoms with van der Waals surface area (Å²) in [6.07, 6.45) is 8.85. The average Bonchev–Trinajstić information content (AvgIpc) is 3.45. The zero-order chi connectivity index (χ0) is 20.2. The van der Waals surface area contributed by atoms with E-state index in [0.717, 1.165) is 41.5 Å². The SMILES string of the molecule is c1cc(-c2ccncc2)c2nc(Cc3ccc(OCCN4CCCC4)cc3)nn2c1. The molecule has 0 bridgehead atoms. The van der Waals surface area contributed by atoms with Crippen LogP contribution in [0.1, 0.15) is 24.2 Å². The topological polar surface area (TPSA) is 55.6 Å². The van der Waals surface area contributed by atoms with E-state index < -0.39 is 0 Å². The lowest BCUT2D eigenvalue weighted by atomic mass is 10.1. The summed E-state index contributed by atoms with van der Waals surface area (Å²) in [5, 5.41) is 4.66. The Morgan fingerprint density at radius 2 is 1.73 bits per heavy atom. The number of nitrogens with zero attached hydrogens (tertiary/aromatic N) is 5. The lowest BCUT2D eigenvalue weighted by Crippen LogP contribution is -2.25. The Hall–Kier alpha value is -3.25. The normalized spacial score (nSPS) is 14.4. The summed E-state index contributed by atoms with van der Waals surface area (Å²) in [6.45, 7) is 4.16. The molecule has 0 amide bonds. The van der Waals surface area contributed by atoms with Gasteiger partial charge in [0.25, 0.3) is 0 Å². The number of ether oxygens (including phenoxy) is 1. The summed E-state index contributed by atoms with van der Waals surface area (Å²) in [5.74, 6) is 1.72. The molecule has 0 saturated carbocycles. The first-order chi connectivity index (χ1) is 14.8. The average molecular weight is 399 g/mol. The number of benzene rings is 1. The Morgan fingerprint density at radius 1 is 0.933 bits per heavy atom. The van der Waals surface area contributed by atoms with Crippen molar-refractivity contribution in [2.75, 3.05) is 26.2 Å². The van der Waals surface area contributed by atoms with Crippen LogP contribution in [0, 0.1) is 0 Å². The summed E-state index contributed by atoms with van der Waals surface area (Å²) < 4.78 is 7.75. The van der Waals surface area contributed by atoms with Gasteiger partial charge in [-0.2, -0.15) is 5.10 Å². The summed E-state index contributed by atoms with van der Waals surface area (Å²) in [4.78, 5) is 11.4. The number of aromatic nitrogens is 4. The number of rotatable bonds is 7. The van der Waals surface area contributed by atoms with E-state index in [1.54, 1.807) is 12.4 Å². The van der Waals surface area contributed by atoms with Crippen molar-refractivity contribution in [3.05, 3.63) is 78.5 Å². The molecule has 0 spiro atoms. The zero-order valence-corrected chi connectivity index (χ0v) is 16.9. The quantitative estimate of drug-likeness (QED) is 0.472. The highest BCUT2D eigenvalue weighted by atomic mass is 16.5. The van der Waals surface area contributed by atoms with Crippen molar-refractivity contribution in [3.63, 3.8) is 0 Å². The van der Waals surface area contributed by atoms with E-state index in [1.807, 2.05) is 41.0 Å². The summed E-state index contributed by atoms with van der Waals surface area (Å²) in [7, 11) is 0. The van der Waals surface area contributed by atoms with E-state index in [1.165, 1.54) is 31.5 Å². The number of likely N-dealkylation sites (tertiary alicyclic amines) is 1. The third-order valence-corrected chi connectivity index (χ3v) is 5.56. The van der Waals surface area contributed by atoms with Crippen LogP contribution >= 0.6 is 0 Å². The van der Waals surface area contributed by atoms with Gasteiger partial charge in [-0.3, -0.25) is 9.88 Å². The minimum atomic E-state index is 0.686. The Morgan fingerprint density at radius 3 is 2.53 bits per heavy atom. The fraction of sp³-hybridized carbons (Fsp3) is 0.292. The van der Waals surface area contributed by atoms with Gasteiger partial charge in [0, 0.05) is 37.1 Å². The van der Waals surface area contributed by atoms with Crippen LogP contribution in [-0.4, -0.2) is 50.7 Å². The van der Waals surface area contributed by atoms with Gasteiger partial charge in [-0.25, -0.2) is 9.50 Å². The molecule has 30 heavy (non-hydrogen) atoms. The second-order valence-electron chi connectivity index (χ2n) is 7.67. The van der Waals surface area contributed by atoms with E-state index in [4.69, 9.17) is 9.72 Å². The van der Waals surface area contributed by atoms with Gasteiger partial charge < -0.3 is 4.74 Å². The zero-order valence-electron chi connectivity index (χ0n) is 16.9. The summed E-state index contributed by atoms with van der Waals surface area (Å²) >= 11 is 0. The molecule has 4 heterocycles. The van der Waals surface area contributed by atoms with Crippen LogP contribution in [0.3, 0.4) is 0 Å². The monoisotopic (exact) mass is 399 g/mol. The molecular formula is C24H25N5O. The molecule has 0 radical (unpaired) electrons.